The molecule has 166 valence electrons. The molecule has 2 saturated heterocycles. The molecule has 2 heterocycles. The normalized spacial score (nSPS) is 20.8. The summed E-state index contributed by atoms with van der Waals surface area (Å²) in [6, 6.07) is 8.73. The van der Waals surface area contributed by atoms with Crippen molar-refractivity contribution in [3.05, 3.63) is 35.4 Å². The topological polar surface area (TPSA) is 60.4 Å². The van der Waals surface area contributed by atoms with E-state index < -0.39 is 0 Å². The lowest BCUT2D eigenvalue weighted by atomic mass is 10.1. The van der Waals surface area contributed by atoms with Crippen LogP contribution in [0.5, 0.6) is 0 Å². The fraction of sp³-hybridized carbons (Fsp3) is 0.652. The number of carbonyl (C=O) groups is 1. The molecule has 1 aromatic rings. The number of rotatable bonds is 6. The van der Waals surface area contributed by atoms with Gasteiger partial charge in [-0.2, -0.15) is 0 Å². The maximum Gasteiger partial charge on any atom is 0.243 e. The number of nitrogens with one attached hydrogen (secondary N) is 1. The molecule has 7 nitrogen and oxygen atoms in total. The van der Waals surface area contributed by atoms with Crippen LogP contribution in [0, 0.1) is 6.92 Å². The second-order valence-electron chi connectivity index (χ2n) is 8.55. The Morgan fingerprint density at radius 1 is 1.23 bits per heavy atom. The van der Waals surface area contributed by atoms with Crippen LogP contribution in [0.15, 0.2) is 29.3 Å². The van der Waals surface area contributed by atoms with E-state index in [-0.39, 0.29) is 18.6 Å². The van der Waals surface area contributed by atoms with Gasteiger partial charge in [0.2, 0.25) is 5.91 Å². The number of aliphatic imine (C=N–C) groups is 1. The van der Waals surface area contributed by atoms with Crippen LogP contribution in [-0.4, -0.2) is 92.6 Å². The lowest BCUT2D eigenvalue weighted by Crippen LogP contribution is -2.53. The molecule has 1 unspecified atom stereocenters. The van der Waals surface area contributed by atoms with Gasteiger partial charge in [-0.25, -0.2) is 4.99 Å². The highest BCUT2D eigenvalue weighted by atomic mass is 16.5. The Balaban J connectivity index is 1.55. The standard InChI is InChI=1S/C23H37N5O2/c1-19-7-6-8-20(15-19)18-27-10-12-28(13-11-27)23(25-17-22(29)26(2)3)24-16-21-9-4-5-14-30-21/h6-8,15,21H,4-5,9-14,16-18H2,1-3H3,(H,24,25). The number of guanidine groups is 1. The van der Waals surface area contributed by atoms with Crippen LogP contribution in [0.2, 0.25) is 0 Å². The minimum atomic E-state index is 0.0151. The number of carbonyl (C=O) groups excluding carboxylic acids is 1. The summed E-state index contributed by atoms with van der Waals surface area (Å²) in [6.07, 6.45) is 3.69. The third-order valence-corrected chi connectivity index (χ3v) is 5.79. The van der Waals surface area contributed by atoms with Gasteiger partial charge in [-0.05, 0) is 31.7 Å². The van der Waals surface area contributed by atoms with Crippen molar-refractivity contribution in [1.82, 2.24) is 20.0 Å². The summed E-state index contributed by atoms with van der Waals surface area (Å²) in [5.41, 5.74) is 2.67. The first kappa shape index (κ1) is 22.6. The van der Waals surface area contributed by atoms with Gasteiger partial charge in [-0.3, -0.25) is 9.69 Å². The Morgan fingerprint density at radius 3 is 2.70 bits per heavy atom. The van der Waals surface area contributed by atoms with Crippen LogP contribution >= 0.6 is 0 Å². The number of amides is 1. The molecule has 0 spiro atoms. The van der Waals surface area contributed by atoms with Crippen LogP contribution in [0.25, 0.3) is 0 Å². The van der Waals surface area contributed by atoms with Crippen molar-refractivity contribution in [2.75, 3.05) is 60.0 Å². The van der Waals surface area contributed by atoms with E-state index in [1.807, 2.05) is 0 Å². The molecule has 0 bridgehead atoms. The van der Waals surface area contributed by atoms with Crippen LogP contribution in [0.1, 0.15) is 30.4 Å². The number of ether oxygens (including phenoxy) is 1. The van der Waals surface area contributed by atoms with E-state index in [2.05, 4.69) is 51.3 Å². The van der Waals surface area contributed by atoms with Crippen molar-refractivity contribution in [1.29, 1.82) is 0 Å². The van der Waals surface area contributed by atoms with Crippen molar-refractivity contribution < 1.29 is 9.53 Å². The lowest BCUT2D eigenvalue weighted by molar-refractivity contribution is -0.127. The summed E-state index contributed by atoms with van der Waals surface area (Å²) in [5, 5.41) is 3.49. The summed E-state index contributed by atoms with van der Waals surface area (Å²) in [5.74, 6) is 0.843. The van der Waals surface area contributed by atoms with E-state index >= 15 is 0 Å². The van der Waals surface area contributed by atoms with Gasteiger partial charge in [0.15, 0.2) is 5.96 Å². The third kappa shape index (κ3) is 6.99. The van der Waals surface area contributed by atoms with E-state index in [0.29, 0.717) is 0 Å². The van der Waals surface area contributed by atoms with Crippen LogP contribution in [-0.2, 0) is 16.1 Å². The van der Waals surface area contributed by atoms with Gasteiger partial charge < -0.3 is 19.9 Å². The number of likely N-dealkylation sites (N-methyl/N-ethyl adjacent to an activating group) is 1. The predicted molar refractivity (Wildman–Crippen MR) is 121 cm³/mol. The number of hydrogen-bond acceptors (Lipinski definition) is 4. The van der Waals surface area contributed by atoms with Gasteiger partial charge in [0.1, 0.15) is 6.54 Å². The van der Waals surface area contributed by atoms with Gasteiger partial charge in [0.05, 0.1) is 6.10 Å². The number of aryl methyl sites for hydroxylation is 1. The fourth-order valence-electron chi connectivity index (χ4n) is 3.91. The smallest absolute Gasteiger partial charge is 0.243 e. The maximum atomic E-state index is 12.1. The van der Waals surface area contributed by atoms with Gasteiger partial charge in [0, 0.05) is 60.0 Å². The highest BCUT2D eigenvalue weighted by molar-refractivity contribution is 5.85. The van der Waals surface area contributed by atoms with Crippen molar-refractivity contribution >= 4 is 11.9 Å². The van der Waals surface area contributed by atoms with Gasteiger partial charge >= 0.3 is 0 Å². The Kier molecular flexibility index (Phi) is 8.51. The molecule has 1 atom stereocenters. The highest BCUT2D eigenvalue weighted by Crippen LogP contribution is 2.13. The van der Waals surface area contributed by atoms with Gasteiger partial charge in [-0.15, -0.1) is 0 Å². The van der Waals surface area contributed by atoms with E-state index in [1.54, 1.807) is 19.0 Å². The summed E-state index contributed by atoms with van der Waals surface area (Å²) >= 11 is 0. The molecule has 0 aromatic heterocycles. The van der Waals surface area contributed by atoms with Gasteiger partial charge in [-0.1, -0.05) is 29.8 Å². The monoisotopic (exact) mass is 415 g/mol. The van der Waals surface area contributed by atoms with Crippen molar-refractivity contribution in [2.45, 2.75) is 38.8 Å². The Hall–Kier alpha value is -2.12. The molecule has 1 amide bonds. The Labute approximate surface area is 181 Å². The maximum absolute atomic E-state index is 12.1. The molecule has 0 saturated carbocycles. The van der Waals surface area contributed by atoms with Crippen molar-refractivity contribution in [3.8, 4) is 0 Å². The van der Waals surface area contributed by atoms with Crippen molar-refractivity contribution in [3.63, 3.8) is 0 Å². The van der Waals surface area contributed by atoms with E-state index in [9.17, 15) is 4.79 Å². The summed E-state index contributed by atoms with van der Waals surface area (Å²) in [4.78, 5) is 23.0. The number of nitrogens with zero attached hydrogens (tertiary/aromatic N) is 4. The largest absolute Gasteiger partial charge is 0.376 e. The number of benzene rings is 1. The molecule has 30 heavy (non-hydrogen) atoms. The zero-order valence-electron chi connectivity index (χ0n) is 18.8. The highest BCUT2D eigenvalue weighted by Gasteiger charge is 2.22. The molecule has 2 fully saturated rings. The molecular formula is C23H37N5O2. The Bertz CT molecular complexity index is 707. The molecular weight excluding hydrogens is 378 g/mol. The summed E-state index contributed by atoms with van der Waals surface area (Å²) in [6.45, 7) is 8.65. The van der Waals surface area contributed by atoms with E-state index in [0.717, 1.165) is 64.7 Å². The first-order chi connectivity index (χ1) is 14.5. The average Bonchev–Trinajstić information content (AvgIpc) is 2.75. The molecule has 7 heteroatoms. The molecule has 1 N–H and O–H groups in total. The second-order valence-corrected chi connectivity index (χ2v) is 8.55. The zero-order valence-corrected chi connectivity index (χ0v) is 18.8. The number of hydrogen-bond donors (Lipinski definition) is 1. The quantitative estimate of drug-likeness (QED) is 0.566. The minimum absolute atomic E-state index is 0.0151. The molecule has 2 aliphatic heterocycles. The van der Waals surface area contributed by atoms with Crippen LogP contribution in [0.4, 0.5) is 0 Å². The van der Waals surface area contributed by atoms with E-state index in [4.69, 9.17) is 4.74 Å². The molecule has 1 aromatic carbocycles. The molecule has 2 aliphatic rings. The summed E-state index contributed by atoms with van der Waals surface area (Å²) < 4.78 is 5.85. The third-order valence-electron chi connectivity index (χ3n) is 5.79. The molecule has 0 radical (unpaired) electrons. The first-order valence-electron chi connectivity index (χ1n) is 11.1. The van der Waals surface area contributed by atoms with Crippen LogP contribution in [0.3, 0.4) is 0 Å². The summed E-state index contributed by atoms with van der Waals surface area (Å²) in [7, 11) is 3.54. The fourth-order valence-corrected chi connectivity index (χ4v) is 3.91. The number of piperazine rings is 1. The van der Waals surface area contributed by atoms with Crippen molar-refractivity contribution in [2.24, 2.45) is 4.99 Å². The molecule has 0 aliphatic carbocycles. The zero-order chi connectivity index (χ0) is 21.3. The second kappa shape index (κ2) is 11.3. The van der Waals surface area contributed by atoms with E-state index in [1.165, 1.54) is 17.5 Å². The predicted octanol–water partition coefficient (Wildman–Crippen LogP) is 1.72. The lowest BCUT2D eigenvalue weighted by Gasteiger charge is -2.37. The van der Waals surface area contributed by atoms with Crippen LogP contribution < -0.4 is 5.32 Å². The Morgan fingerprint density at radius 2 is 2.03 bits per heavy atom. The van der Waals surface area contributed by atoms with Gasteiger partial charge in [0.25, 0.3) is 0 Å². The molecule has 3 rings (SSSR count). The SMILES string of the molecule is Cc1cccc(CN2CCN(C(=NCC(=O)N(C)C)NCC3CCCCO3)CC2)c1. The minimum Gasteiger partial charge on any atom is -0.376 e. The average molecular weight is 416 g/mol. The first-order valence-corrected chi connectivity index (χ1v) is 11.1.